The Labute approximate surface area is 166 Å². The standard InChI is InChI=1S/C21H20N4O4/c1-29-14-7-5-13(6-8-14)11-22-15-3-2-4-16-19(15)21(28)25(12-23-16)17-9-10-18(26)24-20(17)27/h2-8,12,17,22H,9-11H2,1H3,(H,24,26,27). The third-order valence-corrected chi connectivity index (χ3v) is 5.00. The average molecular weight is 392 g/mol. The first-order valence-corrected chi connectivity index (χ1v) is 9.27. The highest BCUT2D eigenvalue weighted by atomic mass is 16.5. The molecule has 1 atom stereocenters. The summed E-state index contributed by atoms with van der Waals surface area (Å²) in [6.07, 6.45) is 1.84. The fraction of sp³-hybridized carbons (Fsp3) is 0.238. The third-order valence-electron chi connectivity index (χ3n) is 5.00. The second-order valence-electron chi connectivity index (χ2n) is 6.83. The van der Waals surface area contributed by atoms with E-state index >= 15 is 0 Å². The van der Waals surface area contributed by atoms with Crippen molar-refractivity contribution in [3.05, 3.63) is 64.7 Å². The number of hydrogen-bond acceptors (Lipinski definition) is 6. The Morgan fingerprint density at radius 3 is 2.69 bits per heavy atom. The first kappa shape index (κ1) is 18.7. The highest BCUT2D eigenvalue weighted by Gasteiger charge is 2.29. The molecule has 1 aliphatic heterocycles. The van der Waals surface area contributed by atoms with Crippen LogP contribution in [0.1, 0.15) is 24.4 Å². The Kier molecular flexibility index (Phi) is 4.99. The van der Waals surface area contributed by atoms with Crippen LogP contribution in [-0.2, 0) is 16.1 Å². The van der Waals surface area contributed by atoms with Crippen molar-refractivity contribution >= 4 is 28.4 Å². The number of hydrogen-bond donors (Lipinski definition) is 2. The molecule has 1 saturated heterocycles. The molecule has 0 aliphatic carbocycles. The maximum absolute atomic E-state index is 13.2. The number of methoxy groups -OCH3 is 1. The van der Waals surface area contributed by atoms with Crippen LogP contribution in [0.5, 0.6) is 5.75 Å². The molecule has 3 aromatic rings. The number of nitrogens with one attached hydrogen (secondary N) is 2. The van der Waals surface area contributed by atoms with Gasteiger partial charge >= 0.3 is 0 Å². The number of anilines is 1. The van der Waals surface area contributed by atoms with Gasteiger partial charge in [-0.2, -0.15) is 0 Å². The first-order valence-electron chi connectivity index (χ1n) is 9.27. The number of benzene rings is 2. The lowest BCUT2D eigenvalue weighted by Crippen LogP contribution is -2.44. The zero-order valence-electron chi connectivity index (χ0n) is 15.8. The quantitative estimate of drug-likeness (QED) is 0.644. The van der Waals surface area contributed by atoms with Crippen LogP contribution in [0.15, 0.2) is 53.6 Å². The molecular weight excluding hydrogens is 372 g/mol. The summed E-state index contributed by atoms with van der Waals surface area (Å²) in [5.41, 5.74) is 1.88. The van der Waals surface area contributed by atoms with Crippen molar-refractivity contribution in [3.63, 3.8) is 0 Å². The second-order valence-corrected chi connectivity index (χ2v) is 6.83. The van der Waals surface area contributed by atoms with Crippen molar-refractivity contribution in [2.45, 2.75) is 25.4 Å². The van der Waals surface area contributed by atoms with Crippen molar-refractivity contribution < 1.29 is 14.3 Å². The summed E-state index contributed by atoms with van der Waals surface area (Å²) in [5.74, 6) is -0.0293. The van der Waals surface area contributed by atoms with Crippen LogP contribution in [0.4, 0.5) is 5.69 Å². The minimum absolute atomic E-state index is 0.193. The molecule has 0 bridgehead atoms. The van der Waals surface area contributed by atoms with E-state index in [0.29, 0.717) is 23.1 Å². The molecule has 29 heavy (non-hydrogen) atoms. The van der Waals surface area contributed by atoms with E-state index in [1.54, 1.807) is 13.2 Å². The largest absolute Gasteiger partial charge is 0.497 e. The fourth-order valence-electron chi connectivity index (χ4n) is 3.44. The van der Waals surface area contributed by atoms with E-state index in [1.807, 2.05) is 36.4 Å². The fourth-order valence-corrected chi connectivity index (χ4v) is 3.44. The Hall–Kier alpha value is -3.68. The zero-order chi connectivity index (χ0) is 20.4. The lowest BCUT2D eigenvalue weighted by Gasteiger charge is -2.23. The summed E-state index contributed by atoms with van der Waals surface area (Å²) in [5, 5.41) is 5.97. The normalized spacial score (nSPS) is 16.5. The third kappa shape index (κ3) is 3.69. The average Bonchev–Trinajstić information content (AvgIpc) is 2.73. The van der Waals surface area contributed by atoms with Crippen molar-refractivity contribution in [2.24, 2.45) is 0 Å². The van der Waals surface area contributed by atoms with Crippen LogP contribution >= 0.6 is 0 Å². The second kappa shape index (κ2) is 7.75. The van der Waals surface area contributed by atoms with Crippen molar-refractivity contribution in [3.8, 4) is 5.75 Å². The molecule has 1 aromatic heterocycles. The Morgan fingerprint density at radius 1 is 1.17 bits per heavy atom. The Balaban J connectivity index is 1.66. The molecule has 2 amide bonds. The van der Waals surface area contributed by atoms with Gasteiger partial charge in [0.15, 0.2) is 0 Å². The molecule has 2 aromatic carbocycles. The van der Waals surface area contributed by atoms with Crippen LogP contribution < -0.4 is 20.9 Å². The number of amides is 2. The molecule has 0 saturated carbocycles. The van der Waals surface area contributed by atoms with E-state index in [4.69, 9.17) is 4.74 Å². The molecule has 8 nitrogen and oxygen atoms in total. The van der Waals surface area contributed by atoms with Gasteiger partial charge in [0.1, 0.15) is 11.8 Å². The monoisotopic (exact) mass is 392 g/mol. The predicted octanol–water partition coefficient (Wildman–Crippen LogP) is 1.99. The molecular formula is C21H20N4O4. The molecule has 0 spiro atoms. The van der Waals surface area contributed by atoms with E-state index in [9.17, 15) is 14.4 Å². The van der Waals surface area contributed by atoms with E-state index in [0.717, 1.165) is 11.3 Å². The number of carbonyl (C=O) groups is 2. The summed E-state index contributed by atoms with van der Waals surface area (Å²) < 4.78 is 6.47. The van der Waals surface area contributed by atoms with Crippen molar-refractivity contribution in [2.75, 3.05) is 12.4 Å². The maximum Gasteiger partial charge on any atom is 0.264 e. The molecule has 148 valence electrons. The van der Waals surface area contributed by atoms with Crippen molar-refractivity contribution in [1.29, 1.82) is 0 Å². The van der Waals surface area contributed by atoms with Crippen LogP contribution in [0.3, 0.4) is 0 Å². The number of imide groups is 1. The van der Waals surface area contributed by atoms with Gasteiger partial charge in [-0.1, -0.05) is 18.2 Å². The molecule has 2 N–H and O–H groups in total. The first-order chi connectivity index (χ1) is 14.1. The van der Waals surface area contributed by atoms with Gasteiger partial charge in [0, 0.05) is 18.7 Å². The Bertz CT molecular complexity index is 1140. The molecule has 2 heterocycles. The molecule has 0 radical (unpaired) electrons. The van der Waals surface area contributed by atoms with Gasteiger partial charge in [0.05, 0.1) is 24.3 Å². The number of piperidine rings is 1. The number of carbonyl (C=O) groups excluding carboxylic acids is 2. The highest BCUT2D eigenvalue weighted by molar-refractivity contribution is 5.99. The number of fused-ring (bicyclic) bond motifs is 1. The Morgan fingerprint density at radius 2 is 1.97 bits per heavy atom. The highest BCUT2D eigenvalue weighted by Crippen LogP contribution is 2.22. The maximum atomic E-state index is 13.2. The van der Waals surface area contributed by atoms with E-state index < -0.39 is 11.9 Å². The van der Waals surface area contributed by atoms with E-state index in [2.05, 4.69) is 15.6 Å². The summed E-state index contributed by atoms with van der Waals surface area (Å²) in [6.45, 7) is 0.510. The van der Waals surface area contributed by atoms with Crippen LogP contribution in [-0.4, -0.2) is 28.5 Å². The van der Waals surface area contributed by atoms with Gasteiger partial charge in [-0.15, -0.1) is 0 Å². The van der Waals surface area contributed by atoms with Gasteiger partial charge in [0.2, 0.25) is 11.8 Å². The molecule has 1 fully saturated rings. The lowest BCUT2D eigenvalue weighted by molar-refractivity contribution is -0.135. The summed E-state index contributed by atoms with van der Waals surface area (Å²) in [7, 11) is 1.61. The van der Waals surface area contributed by atoms with Gasteiger partial charge < -0.3 is 10.1 Å². The number of rotatable bonds is 5. The number of aromatic nitrogens is 2. The van der Waals surface area contributed by atoms with Gasteiger partial charge in [-0.3, -0.25) is 24.3 Å². The van der Waals surface area contributed by atoms with E-state index in [1.165, 1.54) is 10.9 Å². The molecule has 8 heteroatoms. The smallest absolute Gasteiger partial charge is 0.264 e. The molecule has 1 aliphatic rings. The van der Waals surface area contributed by atoms with Crippen LogP contribution in [0.25, 0.3) is 10.9 Å². The number of nitrogens with zero attached hydrogens (tertiary/aromatic N) is 2. The molecule has 4 rings (SSSR count). The van der Waals surface area contributed by atoms with Crippen LogP contribution in [0, 0.1) is 0 Å². The van der Waals surface area contributed by atoms with Crippen LogP contribution in [0.2, 0.25) is 0 Å². The van der Waals surface area contributed by atoms with Gasteiger partial charge in [-0.25, -0.2) is 4.98 Å². The summed E-state index contributed by atoms with van der Waals surface area (Å²) >= 11 is 0. The summed E-state index contributed by atoms with van der Waals surface area (Å²) in [4.78, 5) is 41.1. The summed E-state index contributed by atoms with van der Waals surface area (Å²) in [6, 6.07) is 12.3. The topological polar surface area (TPSA) is 102 Å². The molecule has 1 unspecified atom stereocenters. The van der Waals surface area contributed by atoms with Gasteiger partial charge in [0.25, 0.3) is 5.56 Å². The predicted molar refractivity (Wildman–Crippen MR) is 108 cm³/mol. The SMILES string of the molecule is COc1ccc(CNc2cccc3ncn(C4CCC(=O)NC4=O)c(=O)c23)cc1. The number of ether oxygens (including phenoxy) is 1. The minimum atomic E-state index is -0.744. The minimum Gasteiger partial charge on any atom is -0.497 e. The van der Waals surface area contributed by atoms with E-state index in [-0.39, 0.29) is 24.3 Å². The zero-order valence-corrected chi connectivity index (χ0v) is 15.8. The lowest BCUT2D eigenvalue weighted by atomic mass is 10.1. The van der Waals surface area contributed by atoms with Gasteiger partial charge in [-0.05, 0) is 36.2 Å². The van der Waals surface area contributed by atoms with Crippen molar-refractivity contribution in [1.82, 2.24) is 14.9 Å².